The highest BCUT2D eigenvalue weighted by molar-refractivity contribution is 5.97. The van der Waals surface area contributed by atoms with Gasteiger partial charge in [0.05, 0.1) is 17.4 Å². The van der Waals surface area contributed by atoms with E-state index < -0.39 is 0 Å². The molecule has 1 atom stereocenters. The van der Waals surface area contributed by atoms with Gasteiger partial charge in [0.1, 0.15) is 0 Å². The molecule has 3 rings (SSSR count). The van der Waals surface area contributed by atoms with Crippen LogP contribution >= 0.6 is 0 Å². The van der Waals surface area contributed by atoms with Crippen molar-refractivity contribution in [2.75, 3.05) is 13.1 Å². The van der Waals surface area contributed by atoms with Crippen molar-refractivity contribution >= 4 is 16.9 Å². The number of imidazole rings is 1. The van der Waals surface area contributed by atoms with Crippen LogP contribution in [-0.2, 0) is 0 Å². The lowest BCUT2D eigenvalue weighted by molar-refractivity contribution is 0.0787. The fraction of sp³-hybridized carbons (Fsp3) is 0.429. The Morgan fingerprint density at radius 1 is 1.56 bits per heavy atom. The molecule has 1 saturated heterocycles. The van der Waals surface area contributed by atoms with E-state index in [4.69, 9.17) is 0 Å². The Hall–Kier alpha value is -1.84. The lowest BCUT2D eigenvalue weighted by Gasteiger charge is -2.16. The van der Waals surface area contributed by atoms with Crippen LogP contribution in [0.5, 0.6) is 0 Å². The lowest BCUT2D eigenvalue weighted by atomic mass is 10.1. The monoisotopic (exact) mass is 243 g/mol. The van der Waals surface area contributed by atoms with E-state index in [2.05, 4.69) is 16.9 Å². The molecule has 0 bridgehead atoms. The summed E-state index contributed by atoms with van der Waals surface area (Å²) >= 11 is 0. The van der Waals surface area contributed by atoms with Crippen molar-refractivity contribution in [3.8, 4) is 0 Å². The molecule has 2 aromatic rings. The molecule has 94 valence electrons. The van der Waals surface area contributed by atoms with Crippen LogP contribution in [0.2, 0.25) is 0 Å². The maximum absolute atomic E-state index is 12.4. The number of hydrogen-bond acceptors (Lipinski definition) is 2. The van der Waals surface area contributed by atoms with Gasteiger partial charge in [0, 0.05) is 18.7 Å². The summed E-state index contributed by atoms with van der Waals surface area (Å²) in [5.41, 5.74) is 2.58. The first kappa shape index (κ1) is 11.3. The summed E-state index contributed by atoms with van der Waals surface area (Å²) in [5, 5.41) is 0. The van der Waals surface area contributed by atoms with Gasteiger partial charge in [-0.05, 0) is 30.5 Å². The Balaban J connectivity index is 1.83. The molecule has 1 fully saturated rings. The highest BCUT2D eigenvalue weighted by Gasteiger charge is 2.25. The van der Waals surface area contributed by atoms with E-state index in [0.29, 0.717) is 5.92 Å². The number of likely N-dealkylation sites (tertiary alicyclic amines) is 1. The van der Waals surface area contributed by atoms with Gasteiger partial charge in [0.15, 0.2) is 0 Å². The van der Waals surface area contributed by atoms with Crippen molar-refractivity contribution in [2.45, 2.75) is 19.8 Å². The smallest absolute Gasteiger partial charge is 0.253 e. The maximum Gasteiger partial charge on any atom is 0.253 e. The van der Waals surface area contributed by atoms with Crippen molar-refractivity contribution < 1.29 is 4.79 Å². The molecule has 4 heteroatoms. The van der Waals surface area contributed by atoms with Crippen LogP contribution < -0.4 is 0 Å². The molecular formula is C14H17N3O. The first-order chi connectivity index (χ1) is 8.78. The molecule has 0 spiro atoms. The van der Waals surface area contributed by atoms with Crippen LogP contribution in [0.25, 0.3) is 11.0 Å². The largest absolute Gasteiger partial charge is 0.345 e. The second-order valence-corrected chi connectivity index (χ2v) is 4.95. The van der Waals surface area contributed by atoms with Crippen molar-refractivity contribution in [3.05, 3.63) is 30.1 Å². The number of aromatic nitrogens is 2. The van der Waals surface area contributed by atoms with Gasteiger partial charge in [-0.3, -0.25) is 4.79 Å². The second kappa shape index (κ2) is 4.44. The van der Waals surface area contributed by atoms with Gasteiger partial charge in [-0.25, -0.2) is 4.98 Å². The standard InChI is InChI=1S/C14H17N3O/c1-2-10-5-6-17(8-10)14(18)11-3-4-12-13(7-11)16-9-15-12/h3-4,7,9-10H,2,5-6,8H2,1H3,(H,15,16). The van der Waals surface area contributed by atoms with E-state index >= 15 is 0 Å². The van der Waals surface area contributed by atoms with Crippen LogP contribution in [0.3, 0.4) is 0 Å². The number of amides is 1. The molecule has 18 heavy (non-hydrogen) atoms. The normalized spacial score (nSPS) is 19.6. The van der Waals surface area contributed by atoms with Crippen molar-refractivity contribution in [3.63, 3.8) is 0 Å². The van der Waals surface area contributed by atoms with Gasteiger partial charge in [-0.1, -0.05) is 13.3 Å². The van der Waals surface area contributed by atoms with E-state index in [-0.39, 0.29) is 5.91 Å². The zero-order valence-electron chi connectivity index (χ0n) is 10.5. The molecular weight excluding hydrogens is 226 g/mol. The number of aromatic amines is 1. The minimum atomic E-state index is 0.141. The minimum Gasteiger partial charge on any atom is -0.345 e. The van der Waals surface area contributed by atoms with Crippen LogP contribution in [0.15, 0.2) is 24.5 Å². The maximum atomic E-state index is 12.4. The first-order valence-electron chi connectivity index (χ1n) is 6.50. The van der Waals surface area contributed by atoms with Crippen molar-refractivity contribution in [1.29, 1.82) is 0 Å². The van der Waals surface area contributed by atoms with Crippen molar-refractivity contribution in [2.24, 2.45) is 5.92 Å². The third kappa shape index (κ3) is 1.88. The fourth-order valence-corrected chi connectivity index (χ4v) is 2.60. The minimum absolute atomic E-state index is 0.141. The van der Waals surface area contributed by atoms with Gasteiger partial charge >= 0.3 is 0 Å². The summed E-state index contributed by atoms with van der Waals surface area (Å²) in [6.45, 7) is 3.98. The number of nitrogens with zero attached hydrogens (tertiary/aromatic N) is 2. The number of nitrogens with one attached hydrogen (secondary N) is 1. The van der Waals surface area contributed by atoms with E-state index in [0.717, 1.165) is 42.5 Å². The Morgan fingerprint density at radius 2 is 2.44 bits per heavy atom. The summed E-state index contributed by atoms with van der Waals surface area (Å²) < 4.78 is 0. The van der Waals surface area contributed by atoms with E-state index in [1.165, 1.54) is 0 Å². The average molecular weight is 243 g/mol. The Kier molecular flexibility index (Phi) is 2.78. The fourth-order valence-electron chi connectivity index (χ4n) is 2.60. The molecule has 1 aliphatic rings. The van der Waals surface area contributed by atoms with Gasteiger partial charge in [0.25, 0.3) is 5.91 Å². The molecule has 1 amide bonds. The summed E-state index contributed by atoms with van der Waals surface area (Å²) in [5.74, 6) is 0.812. The summed E-state index contributed by atoms with van der Waals surface area (Å²) in [7, 11) is 0. The van der Waals surface area contributed by atoms with Crippen molar-refractivity contribution in [1.82, 2.24) is 14.9 Å². The number of hydrogen-bond donors (Lipinski definition) is 1. The number of H-pyrrole nitrogens is 1. The molecule has 0 aliphatic carbocycles. The van der Waals surface area contributed by atoms with E-state index in [1.807, 2.05) is 23.1 Å². The molecule has 1 aromatic heterocycles. The molecule has 4 nitrogen and oxygen atoms in total. The third-order valence-corrected chi connectivity index (χ3v) is 3.82. The quantitative estimate of drug-likeness (QED) is 0.880. The summed E-state index contributed by atoms with van der Waals surface area (Å²) in [6, 6.07) is 5.65. The molecule has 1 aliphatic heterocycles. The van der Waals surface area contributed by atoms with Crippen LogP contribution in [0, 0.1) is 5.92 Å². The van der Waals surface area contributed by atoms with Crippen LogP contribution in [0.4, 0.5) is 0 Å². The Labute approximate surface area is 106 Å². The predicted octanol–water partition coefficient (Wildman–Crippen LogP) is 2.44. The molecule has 1 N–H and O–H groups in total. The molecule has 2 heterocycles. The molecule has 1 aromatic carbocycles. The highest BCUT2D eigenvalue weighted by atomic mass is 16.2. The number of fused-ring (bicyclic) bond motifs is 1. The zero-order valence-corrected chi connectivity index (χ0v) is 10.5. The van der Waals surface area contributed by atoms with Gasteiger partial charge in [0.2, 0.25) is 0 Å². The number of rotatable bonds is 2. The third-order valence-electron chi connectivity index (χ3n) is 3.82. The topological polar surface area (TPSA) is 49.0 Å². The molecule has 0 radical (unpaired) electrons. The van der Waals surface area contributed by atoms with Crippen LogP contribution in [0.1, 0.15) is 30.1 Å². The average Bonchev–Trinajstić information content (AvgIpc) is 3.05. The SMILES string of the molecule is CCC1CCN(C(=O)c2ccc3nc[nH]c3c2)C1. The van der Waals surface area contributed by atoms with E-state index in [1.54, 1.807) is 6.33 Å². The Morgan fingerprint density at radius 3 is 3.22 bits per heavy atom. The zero-order chi connectivity index (χ0) is 12.5. The lowest BCUT2D eigenvalue weighted by Crippen LogP contribution is -2.28. The number of carbonyl (C=O) groups excluding carboxylic acids is 1. The predicted molar refractivity (Wildman–Crippen MR) is 70.4 cm³/mol. The summed E-state index contributed by atoms with van der Waals surface area (Å²) in [4.78, 5) is 21.5. The number of carbonyl (C=O) groups is 1. The van der Waals surface area contributed by atoms with Gasteiger partial charge < -0.3 is 9.88 Å². The highest BCUT2D eigenvalue weighted by Crippen LogP contribution is 2.22. The molecule has 1 unspecified atom stereocenters. The summed E-state index contributed by atoms with van der Waals surface area (Å²) in [6.07, 6.45) is 3.94. The van der Waals surface area contributed by atoms with Gasteiger partial charge in [-0.2, -0.15) is 0 Å². The van der Waals surface area contributed by atoms with Crippen LogP contribution in [-0.4, -0.2) is 33.9 Å². The number of benzene rings is 1. The Bertz CT molecular complexity index is 575. The molecule has 0 saturated carbocycles. The second-order valence-electron chi connectivity index (χ2n) is 4.95. The van der Waals surface area contributed by atoms with E-state index in [9.17, 15) is 4.79 Å². The van der Waals surface area contributed by atoms with Gasteiger partial charge in [-0.15, -0.1) is 0 Å². The first-order valence-corrected chi connectivity index (χ1v) is 6.50.